The average Bonchev–Trinajstić information content (AvgIpc) is 2.89. The molecule has 1 fully saturated rings. The van der Waals surface area contributed by atoms with Gasteiger partial charge in [-0.3, -0.25) is 0 Å². The molecule has 1 aromatic rings. The molecule has 1 aliphatic carbocycles. The van der Waals surface area contributed by atoms with Crippen LogP contribution in [0.25, 0.3) is 0 Å². The maximum absolute atomic E-state index is 13.3. The Morgan fingerprint density at radius 3 is 2.33 bits per heavy atom. The maximum atomic E-state index is 13.3. The van der Waals surface area contributed by atoms with Crippen molar-refractivity contribution in [3.8, 4) is 0 Å². The van der Waals surface area contributed by atoms with Crippen molar-refractivity contribution in [2.45, 2.75) is 44.9 Å². The smallest absolute Gasteiger partial charge is 0.206 e. The molecule has 15 heavy (non-hydrogen) atoms. The molecule has 0 radical (unpaired) electrons. The van der Waals surface area contributed by atoms with E-state index < -0.39 is 6.08 Å². The highest BCUT2D eigenvalue weighted by Crippen LogP contribution is 2.44. The fraction of sp³-hybridized carbons (Fsp3) is 0.636. The normalized spacial score (nSPS) is 16.9. The summed E-state index contributed by atoms with van der Waals surface area (Å²) in [7, 11) is 0. The Hall–Kier alpha value is -0.510. The van der Waals surface area contributed by atoms with Crippen molar-refractivity contribution >= 4 is 15.9 Å². The Labute approximate surface area is 97.5 Å². The maximum Gasteiger partial charge on any atom is 0.309 e. The lowest BCUT2D eigenvalue weighted by Crippen LogP contribution is -2.17. The van der Waals surface area contributed by atoms with Gasteiger partial charge in [-0.2, -0.15) is 4.39 Å². The zero-order valence-corrected chi connectivity index (χ0v) is 10.7. The molecular weight excluding hydrogens is 259 g/mol. The van der Waals surface area contributed by atoms with Gasteiger partial charge in [0.25, 0.3) is 0 Å². The van der Waals surface area contributed by atoms with Gasteiger partial charge in [0, 0.05) is 11.3 Å². The summed E-state index contributed by atoms with van der Waals surface area (Å²) in [4.78, 5) is 7.77. The number of hydrogen-bond acceptors (Lipinski definition) is 2. The minimum absolute atomic E-state index is 0.160. The third-order valence-electron chi connectivity index (χ3n) is 2.52. The van der Waals surface area contributed by atoms with E-state index in [0.29, 0.717) is 5.92 Å². The number of nitrogens with zero attached hydrogens (tertiary/aromatic N) is 2. The molecule has 0 amide bonds. The van der Waals surface area contributed by atoms with E-state index in [1.807, 2.05) is 20.8 Å². The SMILES string of the molecule is CC(C)(C)c1nc(F)nc(C2CC2)c1Br. The van der Waals surface area contributed by atoms with Crippen molar-refractivity contribution in [1.82, 2.24) is 9.97 Å². The summed E-state index contributed by atoms with van der Waals surface area (Å²) in [5.74, 6) is 0.429. The first-order valence-electron chi connectivity index (χ1n) is 5.13. The molecule has 0 bridgehead atoms. The van der Waals surface area contributed by atoms with Crippen molar-refractivity contribution in [2.24, 2.45) is 0 Å². The molecule has 82 valence electrons. The van der Waals surface area contributed by atoms with Gasteiger partial charge in [-0.05, 0) is 28.8 Å². The van der Waals surface area contributed by atoms with Crippen LogP contribution in [-0.4, -0.2) is 9.97 Å². The van der Waals surface area contributed by atoms with Gasteiger partial charge >= 0.3 is 6.08 Å². The summed E-state index contributed by atoms with van der Waals surface area (Å²) in [5, 5.41) is 0. The molecule has 0 aliphatic heterocycles. The summed E-state index contributed by atoms with van der Waals surface area (Å²) in [6.07, 6.45) is 1.61. The van der Waals surface area contributed by atoms with E-state index >= 15 is 0 Å². The number of aromatic nitrogens is 2. The first-order valence-corrected chi connectivity index (χ1v) is 5.92. The van der Waals surface area contributed by atoms with Crippen LogP contribution in [0.5, 0.6) is 0 Å². The third kappa shape index (κ3) is 2.19. The molecule has 1 aromatic heterocycles. The summed E-state index contributed by atoms with van der Waals surface area (Å²) < 4.78 is 14.2. The first-order chi connectivity index (χ1) is 6.89. The molecule has 2 rings (SSSR count). The summed E-state index contributed by atoms with van der Waals surface area (Å²) >= 11 is 3.50. The van der Waals surface area contributed by atoms with Crippen LogP contribution in [-0.2, 0) is 5.41 Å². The fourth-order valence-electron chi connectivity index (χ4n) is 1.56. The van der Waals surface area contributed by atoms with Crippen molar-refractivity contribution in [3.63, 3.8) is 0 Å². The van der Waals surface area contributed by atoms with Crippen LogP contribution in [0, 0.1) is 6.08 Å². The van der Waals surface area contributed by atoms with Gasteiger partial charge in [-0.25, -0.2) is 9.97 Å². The summed E-state index contributed by atoms with van der Waals surface area (Å²) in [6, 6.07) is 0. The van der Waals surface area contributed by atoms with Gasteiger partial charge in [-0.15, -0.1) is 0 Å². The molecule has 0 unspecified atom stereocenters. The average molecular weight is 273 g/mol. The standard InChI is InChI=1S/C11H14BrFN2/c1-11(2,3)9-7(12)8(6-4-5-6)14-10(13)15-9/h6H,4-5H2,1-3H3. The van der Waals surface area contributed by atoms with Crippen LogP contribution in [0.3, 0.4) is 0 Å². The largest absolute Gasteiger partial charge is 0.309 e. The fourth-order valence-corrected chi connectivity index (χ4v) is 2.66. The van der Waals surface area contributed by atoms with Crippen LogP contribution < -0.4 is 0 Å². The van der Waals surface area contributed by atoms with Gasteiger partial charge in [0.05, 0.1) is 15.9 Å². The highest BCUT2D eigenvalue weighted by atomic mass is 79.9. The molecule has 0 N–H and O–H groups in total. The zero-order valence-electron chi connectivity index (χ0n) is 9.14. The number of rotatable bonds is 1. The molecule has 0 aromatic carbocycles. The van der Waals surface area contributed by atoms with E-state index in [0.717, 1.165) is 28.7 Å². The Morgan fingerprint density at radius 1 is 1.27 bits per heavy atom. The molecule has 0 spiro atoms. The summed E-state index contributed by atoms with van der Waals surface area (Å²) in [6.45, 7) is 6.07. The Morgan fingerprint density at radius 2 is 1.87 bits per heavy atom. The minimum Gasteiger partial charge on any atom is -0.206 e. The summed E-state index contributed by atoms with van der Waals surface area (Å²) in [5.41, 5.74) is 1.44. The second-order valence-corrected chi connectivity index (χ2v) is 5.86. The molecule has 0 atom stereocenters. The van der Waals surface area contributed by atoms with Gasteiger partial charge < -0.3 is 0 Å². The topological polar surface area (TPSA) is 25.8 Å². The second kappa shape index (κ2) is 3.51. The van der Waals surface area contributed by atoms with E-state index in [2.05, 4.69) is 25.9 Å². The van der Waals surface area contributed by atoms with Crippen molar-refractivity contribution < 1.29 is 4.39 Å². The molecule has 1 heterocycles. The molecular formula is C11H14BrFN2. The molecule has 0 saturated heterocycles. The van der Waals surface area contributed by atoms with Gasteiger partial charge in [0.15, 0.2) is 0 Å². The number of halogens is 2. The molecule has 1 aliphatic rings. The van der Waals surface area contributed by atoms with Gasteiger partial charge in [0.1, 0.15) is 0 Å². The molecule has 2 nitrogen and oxygen atoms in total. The van der Waals surface area contributed by atoms with E-state index in [1.54, 1.807) is 0 Å². The first kappa shape index (κ1) is 11.0. The van der Waals surface area contributed by atoms with E-state index in [4.69, 9.17) is 0 Å². The van der Waals surface area contributed by atoms with Crippen LogP contribution in [0.1, 0.15) is 50.9 Å². The van der Waals surface area contributed by atoms with E-state index in [-0.39, 0.29) is 5.41 Å². The Kier molecular flexibility index (Phi) is 2.57. The predicted molar refractivity (Wildman–Crippen MR) is 60.4 cm³/mol. The molecule has 4 heteroatoms. The van der Waals surface area contributed by atoms with Gasteiger partial charge in [-0.1, -0.05) is 20.8 Å². The van der Waals surface area contributed by atoms with Crippen molar-refractivity contribution in [2.75, 3.05) is 0 Å². The van der Waals surface area contributed by atoms with E-state index in [9.17, 15) is 4.39 Å². The zero-order chi connectivity index (χ0) is 11.2. The number of hydrogen-bond donors (Lipinski definition) is 0. The minimum atomic E-state index is -0.606. The van der Waals surface area contributed by atoms with Crippen LogP contribution in [0.4, 0.5) is 4.39 Å². The lowest BCUT2D eigenvalue weighted by atomic mass is 9.91. The highest BCUT2D eigenvalue weighted by Gasteiger charge is 2.31. The van der Waals surface area contributed by atoms with E-state index in [1.165, 1.54) is 0 Å². The van der Waals surface area contributed by atoms with Crippen LogP contribution in [0.15, 0.2) is 4.47 Å². The van der Waals surface area contributed by atoms with Gasteiger partial charge in [0.2, 0.25) is 0 Å². The lowest BCUT2D eigenvalue weighted by Gasteiger charge is -2.20. The highest BCUT2D eigenvalue weighted by molar-refractivity contribution is 9.10. The monoisotopic (exact) mass is 272 g/mol. The second-order valence-electron chi connectivity index (χ2n) is 5.06. The van der Waals surface area contributed by atoms with Crippen LogP contribution in [0.2, 0.25) is 0 Å². The predicted octanol–water partition coefficient (Wildman–Crippen LogP) is 3.55. The van der Waals surface area contributed by atoms with Crippen molar-refractivity contribution in [3.05, 3.63) is 21.9 Å². The Bertz CT molecular complexity index is 394. The molecule has 1 saturated carbocycles. The quantitative estimate of drug-likeness (QED) is 0.731. The lowest BCUT2D eigenvalue weighted by molar-refractivity contribution is 0.487. The van der Waals surface area contributed by atoms with Crippen LogP contribution >= 0.6 is 15.9 Å². The Balaban J connectivity index is 2.54. The van der Waals surface area contributed by atoms with Crippen molar-refractivity contribution in [1.29, 1.82) is 0 Å². The third-order valence-corrected chi connectivity index (χ3v) is 3.31.